The molecule has 0 bridgehead atoms. The van der Waals surface area contributed by atoms with E-state index in [-0.39, 0.29) is 13.0 Å². The number of hydrogen-bond acceptors (Lipinski definition) is 2. The van der Waals surface area contributed by atoms with Crippen molar-refractivity contribution in [1.29, 1.82) is 0 Å². The third kappa shape index (κ3) is 8.59. The Morgan fingerprint density at radius 3 is 2.52 bits per heavy atom. The van der Waals surface area contributed by atoms with Crippen molar-refractivity contribution in [2.75, 3.05) is 6.61 Å². The number of aromatic nitrogens is 1. The quantitative estimate of drug-likeness (QED) is 0.210. The van der Waals surface area contributed by atoms with Gasteiger partial charge in [0.15, 0.2) is 0 Å². The molecule has 0 spiro atoms. The van der Waals surface area contributed by atoms with E-state index in [1.165, 1.54) is 6.82 Å². The highest BCUT2D eigenvalue weighted by molar-refractivity contribution is 6.67. The zero-order valence-electron chi connectivity index (χ0n) is 16.0. The fraction of sp³-hybridized carbons (Fsp3) is 0.421. The molecule has 0 saturated carbocycles. The summed E-state index contributed by atoms with van der Waals surface area (Å²) in [6.07, 6.45) is 6.20. The second kappa shape index (κ2) is 10.4. The minimum absolute atomic E-state index is 0.146. The standard InChI is InChI=1S/C19H24BCl3FNO2/c1-13(8-9-18(26)27-12-19(21,22)23)6-7-14(2)10-17-15(3)11-16(4)25(17)20(5)24/h6-7,10-11H,1,8-9,12H2,2-5H3/b7-6-,14-10+. The van der Waals surface area contributed by atoms with Crippen LogP contribution in [0.5, 0.6) is 0 Å². The molecule has 1 rings (SSSR count). The number of carbonyl (C=O) groups is 1. The Kier molecular flexibility index (Phi) is 9.19. The van der Waals surface area contributed by atoms with E-state index < -0.39 is 16.9 Å². The maximum Gasteiger partial charge on any atom is 0.462 e. The van der Waals surface area contributed by atoms with Gasteiger partial charge in [-0.25, -0.2) is 0 Å². The van der Waals surface area contributed by atoms with Crippen LogP contribution in [0.25, 0.3) is 6.08 Å². The van der Waals surface area contributed by atoms with Gasteiger partial charge in [0.25, 0.3) is 0 Å². The van der Waals surface area contributed by atoms with E-state index in [2.05, 4.69) is 6.58 Å². The predicted molar refractivity (Wildman–Crippen MR) is 114 cm³/mol. The van der Waals surface area contributed by atoms with Crippen molar-refractivity contribution >= 4 is 54.0 Å². The lowest BCUT2D eigenvalue weighted by Gasteiger charge is -2.11. The van der Waals surface area contributed by atoms with Gasteiger partial charge in [-0.3, -0.25) is 4.79 Å². The van der Waals surface area contributed by atoms with E-state index in [4.69, 9.17) is 39.5 Å². The minimum Gasteiger partial charge on any atom is -0.461 e. The third-order valence-corrected chi connectivity index (χ3v) is 4.15. The monoisotopic (exact) mass is 433 g/mol. The molecule has 0 radical (unpaired) electrons. The average Bonchev–Trinajstić information content (AvgIpc) is 2.82. The highest BCUT2D eigenvalue weighted by Gasteiger charge is 2.22. The fourth-order valence-electron chi connectivity index (χ4n) is 2.59. The van der Waals surface area contributed by atoms with Crippen LogP contribution in [0.15, 0.2) is 35.9 Å². The Balaban J connectivity index is 2.65. The summed E-state index contributed by atoms with van der Waals surface area (Å²) in [6.45, 7) is 10.9. The number of nitrogens with zero attached hydrogens (tertiary/aromatic N) is 1. The van der Waals surface area contributed by atoms with Crippen LogP contribution >= 0.6 is 34.8 Å². The zero-order chi connectivity index (χ0) is 20.8. The van der Waals surface area contributed by atoms with Crippen LogP contribution in [0.4, 0.5) is 4.32 Å². The first-order valence-corrected chi connectivity index (χ1v) is 9.63. The molecule has 0 aromatic carbocycles. The van der Waals surface area contributed by atoms with Crippen LogP contribution < -0.4 is 0 Å². The smallest absolute Gasteiger partial charge is 0.461 e. The van der Waals surface area contributed by atoms with Gasteiger partial charge in [-0.2, -0.15) is 0 Å². The SMILES string of the molecule is C=C(/C=C\C(C)=C\c1c(C)cc(C)n1B(C)F)CCC(=O)OCC(Cl)(Cl)Cl. The van der Waals surface area contributed by atoms with Crippen LogP contribution in [0.1, 0.15) is 36.7 Å². The molecule has 0 aliphatic rings. The Bertz CT molecular complexity index is 749. The van der Waals surface area contributed by atoms with E-state index in [1.807, 2.05) is 45.1 Å². The van der Waals surface area contributed by atoms with E-state index in [0.29, 0.717) is 6.42 Å². The van der Waals surface area contributed by atoms with Crippen LogP contribution in [0.2, 0.25) is 6.82 Å². The molecule has 8 heteroatoms. The lowest BCUT2D eigenvalue weighted by Crippen LogP contribution is -2.17. The first kappa shape index (κ1) is 23.9. The van der Waals surface area contributed by atoms with Crippen LogP contribution in [0.3, 0.4) is 0 Å². The van der Waals surface area contributed by atoms with Crippen LogP contribution in [0, 0.1) is 13.8 Å². The van der Waals surface area contributed by atoms with Crippen molar-refractivity contribution < 1.29 is 13.8 Å². The van der Waals surface area contributed by atoms with Gasteiger partial charge in [-0.1, -0.05) is 59.1 Å². The lowest BCUT2D eigenvalue weighted by atomic mass is 9.90. The second-order valence-corrected chi connectivity index (χ2v) is 8.97. The van der Waals surface area contributed by atoms with Gasteiger partial charge in [0.2, 0.25) is 3.79 Å². The van der Waals surface area contributed by atoms with Crippen molar-refractivity contribution in [2.45, 2.75) is 44.2 Å². The maximum atomic E-state index is 13.9. The minimum atomic E-state index is -1.61. The van der Waals surface area contributed by atoms with Crippen LogP contribution in [-0.4, -0.2) is 28.0 Å². The summed E-state index contributed by atoms with van der Waals surface area (Å²) in [6, 6.07) is 1.96. The molecule has 148 valence electrons. The largest absolute Gasteiger partial charge is 0.462 e. The van der Waals surface area contributed by atoms with Gasteiger partial charge < -0.3 is 13.5 Å². The summed E-state index contributed by atoms with van der Waals surface area (Å²) < 4.78 is 18.8. The van der Waals surface area contributed by atoms with Gasteiger partial charge in [0.05, 0.1) is 0 Å². The molecule has 0 aliphatic heterocycles. The maximum absolute atomic E-state index is 13.9. The van der Waals surface area contributed by atoms with E-state index >= 15 is 0 Å². The lowest BCUT2D eigenvalue weighted by molar-refractivity contribution is -0.143. The Morgan fingerprint density at radius 1 is 1.33 bits per heavy atom. The number of esters is 1. The number of carbonyl (C=O) groups excluding carboxylic acids is 1. The number of aryl methyl sites for hydroxylation is 2. The Morgan fingerprint density at radius 2 is 1.96 bits per heavy atom. The van der Waals surface area contributed by atoms with Gasteiger partial charge in [0.1, 0.15) is 6.61 Å². The molecule has 1 aromatic rings. The Hall–Kier alpha value is -1.17. The topological polar surface area (TPSA) is 31.2 Å². The van der Waals surface area contributed by atoms with E-state index in [1.54, 1.807) is 4.48 Å². The molecule has 0 fully saturated rings. The van der Waals surface area contributed by atoms with Crippen LogP contribution in [-0.2, 0) is 9.53 Å². The number of hydrogen-bond donors (Lipinski definition) is 0. The molecule has 27 heavy (non-hydrogen) atoms. The fourth-order valence-corrected chi connectivity index (χ4v) is 2.75. The molecule has 3 nitrogen and oxygen atoms in total. The summed E-state index contributed by atoms with van der Waals surface area (Å²) in [4.78, 5) is 11.6. The van der Waals surface area contributed by atoms with Gasteiger partial charge >= 0.3 is 13.1 Å². The van der Waals surface area contributed by atoms with Gasteiger partial charge in [0, 0.05) is 17.8 Å². The summed E-state index contributed by atoms with van der Waals surface area (Å²) in [7, 11) is -1.10. The van der Waals surface area contributed by atoms with Crippen molar-refractivity contribution in [2.24, 2.45) is 0 Å². The highest BCUT2D eigenvalue weighted by Crippen LogP contribution is 2.26. The van der Waals surface area contributed by atoms with Gasteiger partial charge in [-0.15, -0.1) is 0 Å². The normalized spacial score (nSPS) is 12.5. The average molecular weight is 435 g/mol. The summed E-state index contributed by atoms with van der Waals surface area (Å²) in [5.74, 6) is -0.455. The van der Waals surface area contributed by atoms with E-state index in [0.717, 1.165) is 28.1 Å². The number of halogens is 4. The van der Waals surface area contributed by atoms with Crippen molar-refractivity contribution in [3.63, 3.8) is 0 Å². The summed E-state index contributed by atoms with van der Waals surface area (Å²) >= 11 is 16.6. The molecule has 1 aromatic heterocycles. The van der Waals surface area contributed by atoms with E-state index in [9.17, 15) is 9.11 Å². The predicted octanol–water partition coefficient (Wildman–Crippen LogP) is 6.25. The first-order chi connectivity index (χ1) is 12.4. The third-order valence-electron chi connectivity index (χ3n) is 3.82. The van der Waals surface area contributed by atoms with Gasteiger partial charge in [-0.05, 0) is 57.3 Å². The first-order valence-electron chi connectivity index (χ1n) is 8.49. The van der Waals surface area contributed by atoms with Crippen molar-refractivity contribution in [3.8, 4) is 0 Å². The van der Waals surface area contributed by atoms with Crippen molar-refractivity contribution in [3.05, 3.63) is 52.9 Å². The second-order valence-electron chi connectivity index (χ2n) is 6.45. The summed E-state index contributed by atoms with van der Waals surface area (Å²) in [5, 5.41) is 0. The molecule has 1 heterocycles. The number of ether oxygens (including phenoxy) is 1. The number of rotatable bonds is 8. The molecule has 0 atom stereocenters. The number of alkyl halides is 3. The molecule has 0 saturated heterocycles. The summed E-state index contributed by atoms with van der Waals surface area (Å²) in [5.41, 5.74) is 4.43. The number of allylic oxidation sites excluding steroid dienone is 4. The molecule has 0 amide bonds. The van der Waals surface area contributed by atoms with Crippen molar-refractivity contribution in [1.82, 2.24) is 4.48 Å². The molecular weight excluding hydrogens is 410 g/mol. The Labute approximate surface area is 176 Å². The highest BCUT2D eigenvalue weighted by atomic mass is 35.6. The molecular formula is C19H24BCl3FNO2. The molecule has 0 N–H and O–H groups in total. The zero-order valence-corrected chi connectivity index (χ0v) is 18.3. The molecule has 0 aliphatic carbocycles. The molecule has 0 unspecified atom stereocenters.